The van der Waals surface area contributed by atoms with Gasteiger partial charge in [0.15, 0.2) is 0 Å². The van der Waals surface area contributed by atoms with E-state index in [1.54, 1.807) is 13.0 Å². The summed E-state index contributed by atoms with van der Waals surface area (Å²) in [5.41, 5.74) is 2.67. The quantitative estimate of drug-likeness (QED) is 0.441. The SMILES string of the molecule is CCc1cc(Cl)ccc1/C(C)=N\O. The molecule has 0 fully saturated rings. The van der Waals surface area contributed by atoms with Crippen molar-refractivity contribution in [3.63, 3.8) is 0 Å². The minimum atomic E-state index is 0.619. The molecule has 2 nitrogen and oxygen atoms in total. The summed E-state index contributed by atoms with van der Waals surface area (Å²) in [6.07, 6.45) is 0.878. The van der Waals surface area contributed by atoms with Gasteiger partial charge >= 0.3 is 0 Å². The number of hydrogen-bond acceptors (Lipinski definition) is 2. The number of rotatable bonds is 2. The lowest BCUT2D eigenvalue weighted by Gasteiger charge is -2.06. The van der Waals surface area contributed by atoms with E-state index in [9.17, 15) is 0 Å². The van der Waals surface area contributed by atoms with E-state index < -0.39 is 0 Å². The van der Waals surface area contributed by atoms with Gasteiger partial charge in [0.25, 0.3) is 0 Å². The summed E-state index contributed by atoms with van der Waals surface area (Å²) < 4.78 is 0. The van der Waals surface area contributed by atoms with E-state index in [1.165, 1.54) is 0 Å². The predicted octanol–water partition coefficient (Wildman–Crippen LogP) is 3.10. The Kier molecular flexibility index (Phi) is 3.32. The van der Waals surface area contributed by atoms with E-state index in [0.29, 0.717) is 10.7 Å². The molecule has 0 amide bonds. The molecule has 13 heavy (non-hydrogen) atoms. The highest BCUT2D eigenvalue weighted by atomic mass is 35.5. The lowest BCUT2D eigenvalue weighted by atomic mass is 10.0. The van der Waals surface area contributed by atoms with Crippen molar-refractivity contribution >= 4 is 17.3 Å². The lowest BCUT2D eigenvalue weighted by molar-refractivity contribution is 0.319. The molecule has 70 valence electrons. The van der Waals surface area contributed by atoms with Crippen LogP contribution in [0.15, 0.2) is 23.4 Å². The van der Waals surface area contributed by atoms with Gasteiger partial charge in [-0.2, -0.15) is 0 Å². The van der Waals surface area contributed by atoms with Crippen LogP contribution < -0.4 is 0 Å². The molecule has 3 heteroatoms. The van der Waals surface area contributed by atoms with Crippen molar-refractivity contribution in [2.75, 3.05) is 0 Å². The van der Waals surface area contributed by atoms with Crippen LogP contribution in [0.1, 0.15) is 25.0 Å². The van der Waals surface area contributed by atoms with Gasteiger partial charge in [-0.15, -0.1) is 0 Å². The van der Waals surface area contributed by atoms with Crippen LogP contribution in [0.4, 0.5) is 0 Å². The summed E-state index contributed by atoms with van der Waals surface area (Å²) in [7, 11) is 0. The Labute approximate surface area is 82.8 Å². The molecule has 1 aromatic rings. The van der Waals surface area contributed by atoms with Crippen LogP contribution in [0, 0.1) is 0 Å². The molecule has 0 saturated carbocycles. The van der Waals surface area contributed by atoms with Crippen molar-refractivity contribution in [2.45, 2.75) is 20.3 Å². The summed E-state index contributed by atoms with van der Waals surface area (Å²) in [5.74, 6) is 0. The van der Waals surface area contributed by atoms with Crippen LogP contribution in [0.2, 0.25) is 5.02 Å². The Morgan fingerprint density at radius 2 is 2.23 bits per heavy atom. The fourth-order valence-corrected chi connectivity index (χ4v) is 1.46. The molecule has 1 aromatic carbocycles. The second-order valence-corrected chi connectivity index (χ2v) is 3.28. The molecule has 0 spiro atoms. The smallest absolute Gasteiger partial charge is 0.0839 e. The third kappa shape index (κ3) is 2.22. The number of aryl methyl sites for hydroxylation is 1. The first-order chi connectivity index (χ1) is 6.19. The molecule has 0 aromatic heterocycles. The van der Waals surface area contributed by atoms with Gasteiger partial charge in [0.2, 0.25) is 0 Å². The summed E-state index contributed by atoms with van der Waals surface area (Å²) in [5, 5.41) is 12.5. The number of hydrogen-bond donors (Lipinski definition) is 1. The van der Waals surface area contributed by atoms with Crippen molar-refractivity contribution in [1.82, 2.24) is 0 Å². The zero-order chi connectivity index (χ0) is 9.84. The molecule has 0 radical (unpaired) electrons. The monoisotopic (exact) mass is 197 g/mol. The molecule has 0 atom stereocenters. The third-order valence-corrected chi connectivity index (χ3v) is 2.22. The van der Waals surface area contributed by atoms with E-state index in [0.717, 1.165) is 17.5 Å². The Hall–Kier alpha value is -1.02. The van der Waals surface area contributed by atoms with Gasteiger partial charge in [-0.3, -0.25) is 0 Å². The first-order valence-corrected chi connectivity index (χ1v) is 4.54. The van der Waals surface area contributed by atoms with Gasteiger partial charge in [0.05, 0.1) is 5.71 Å². The Morgan fingerprint density at radius 3 is 2.77 bits per heavy atom. The first-order valence-electron chi connectivity index (χ1n) is 4.16. The summed E-state index contributed by atoms with van der Waals surface area (Å²) in [4.78, 5) is 0. The van der Waals surface area contributed by atoms with Crippen LogP contribution in [0.25, 0.3) is 0 Å². The van der Waals surface area contributed by atoms with Crippen LogP contribution in [0.3, 0.4) is 0 Å². The average Bonchev–Trinajstić information content (AvgIpc) is 2.16. The van der Waals surface area contributed by atoms with Gasteiger partial charge in [-0.05, 0) is 31.0 Å². The maximum absolute atomic E-state index is 8.63. The second kappa shape index (κ2) is 4.28. The van der Waals surface area contributed by atoms with Crippen molar-refractivity contribution in [3.8, 4) is 0 Å². The molecule has 0 bridgehead atoms. The van der Waals surface area contributed by atoms with Crippen LogP contribution in [-0.2, 0) is 6.42 Å². The molecule has 0 heterocycles. The van der Waals surface area contributed by atoms with Crippen molar-refractivity contribution in [3.05, 3.63) is 34.3 Å². The average molecular weight is 198 g/mol. The predicted molar refractivity (Wildman–Crippen MR) is 54.8 cm³/mol. The van der Waals surface area contributed by atoms with E-state index >= 15 is 0 Å². The van der Waals surface area contributed by atoms with Gasteiger partial charge in [-0.1, -0.05) is 29.7 Å². The summed E-state index contributed by atoms with van der Waals surface area (Å²) >= 11 is 5.84. The standard InChI is InChI=1S/C10H12ClNO/c1-3-8-6-9(11)4-5-10(8)7(2)12-13/h4-6,13H,3H2,1-2H3/b12-7-. The summed E-state index contributed by atoms with van der Waals surface area (Å²) in [6.45, 7) is 3.81. The van der Waals surface area contributed by atoms with Gasteiger partial charge < -0.3 is 5.21 Å². The van der Waals surface area contributed by atoms with Crippen molar-refractivity contribution in [1.29, 1.82) is 0 Å². The van der Waals surface area contributed by atoms with Gasteiger partial charge in [0.1, 0.15) is 0 Å². The Balaban J connectivity index is 3.21. The molecule has 1 rings (SSSR count). The number of benzene rings is 1. The van der Waals surface area contributed by atoms with Gasteiger partial charge in [0, 0.05) is 10.6 Å². The van der Waals surface area contributed by atoms with Gasteiger partial charge in [-0.25, -0.2) is 0 Å². The maximum atomic E-state index is 8.63. The highest BCUT2D eigenvalue weighted by Gasteiger charge is 2.04. The minimum Gasteiger partial charge on any atom is -0.411 e. The van der Waals surface area contributed by atoms with Crippen LogP contribution in [-0.4, -0.2) is 10.9 Å². The fourth-order valence-electron chi connectivity index (χ4n) is 1.26. The number of nitrogens with zero attached hydrogens (tertiary/aromatic N) is 1. The highest BCUT2D eigenvalue weighted by Crippen LogP contribution is 2.17. The Morgan fingerprint density at radius 1 is 1.54 bits per heavy atom. The molecule has 1 N–H and O–H groups in total. The van der Waals surface area contributed by atoms with E-state index in [4.69, 9.17) is 16.8 Å². The molecule has 0 aliphatic rings. The van der Waals surface area contributed by atoms with E-state index in [1.807, 2.05) is 19.1 Å². The zero-order valence-corrected chi connectivity index (χ0v) is 8.47. The third-order valence-electron chi connectivity index (χ3n) is 1.99. The number of halogens is 1. The molecular formula is C10H12ClNO. The highest BCUT2D eigenvalue weighted by molar-refractivity contribution is 6.30. The normalized spacial score (nSPS) is 11.8. The lowest BCUT2D eigenvalue weighted by Crippen LogP contribution is -1.99. The van der Waals surface area contributed by atoms with E-state index in [2.05, 4.69) is 5.16 Å². The fraction of sp³-hybridized carbons (Fsp3) is 0.300. The maximum Gasteiger partial charge on any atom is 0.0839 e. The van der Waals surface area contributed by atoms with Crippen LogP contribution in [0.5, 0.6) is 0 Å². The Bertz CT molecular complexity index is 334. The van der Waals surface area contributed by atoms with Crippen LogP contribution >= 0.6 is 11.6 Å². The molecule has 0 saturated heterocycles. The zero-order valence-electron chi connectivity index (χ0n) is 7.71. The largest absolute Gasteiger partial charge is 0.411 e. The second-order valence-electron chi connectivity index (χ2n) is 2.84. The molecular weight excluding hydrogens is 186 g/mol. The number of oxime groups is 1. The molecule has 0 aliphatic heterocycles. The minimum absolute atomic E-state index is 0.619. The molecule has 0 unspecified atom stereocenters. The van der Waals surface area contributed by atoms with Crippen molar-refractivity contribution in [2.24, 2.45) is 5.16 Å². The molecule has 0 aliphatic carbocycles. The van der Waals surface area contributed by atoms with Crippen molar-refractivity contribution < 1.29 is 5.21 Å². The first kappa shape index (κ1) is 10.1. The topological polar surface area (TPSA) is 32.6 Å². The van der Waals surface area contributed by atoms with E-state index in [-0.39, 0.29) is 0 Å². The summed E-state index contributed by atoms with van der Waals surface area (Å²) in [6, 6.07) is 5.56.